The molecule has 0 saturated heterocycles. The number of hydrogen-bond donors (Lipinski definition) is 1. The van der Waals surface area contributed by atoms with Crippen LogP contribution in [0.15, 0.2) is 18.2 Å². The molecule has 0 aliphatic rings. The number of alkyl halides is 3. The van der Waals surface area contributed by atoms with Crippen LogP contribution >= 0.6 is 0 Å². The summed E-state index contributed by atoms with van der Waals surface area (Å²) in [4.78, 5) is 0. The Hall–Kier alpha value is -1.30. The Morgan fingerprint density at radius 2 is 1.95 bits per heavy atom. The van der Waals surface area contributed by atoms with Crippen LogP contribution in [-0.2, 0) is 6.54 Å². The normalized spacial score (nSPS) is 11.6. The third-order valence-corrected chi connectivity index (χ3v) is 2.34. The molecule has 2 nitrogen and oxygen atoms in total. The van der Waals surface area contributed by atoms with Gasteiger partial charge < -0.3 is 10.1 Å². The van der Waals surface area contributed by atoms with Gasteiger partial charge in [0.25, 0.3) is 0 Å². The number of hydrogen-bond acceptors (Lipinski definition) is 2. The largest absolute Gasteiger partial charge is 0.493 e. The molecule has 0 radical (unpaired) electrons. The van der Waals surface area contributed by atoms with E-state index in [-0.39, 0.29) is 5.75 Å². The summed E-state index contributed by atoms with van der Waals surface area (Å²) < 4.78 is 54.1. The first-order valence-corrected chi connectivity index (χ1v) is 6.10. The highest BCUT2D eigenvalue weighted by molar-refractivity contribution is 5.29. The Morgan fingerprint density at radius 3 is 2.58 bits per heavy atom. The van der Waals surface area contributed by atoms with Crippen molar-refractivity contribution in [1.29, 1.82) is 0 Å². The first-order valence-electron chi connectivity index (χ1n) is 6.10. The predicted molar refractivity (Wildman–Crippen MR) is 64.6 cm³/mol. The van der Waals surface area contributed by atoms with Gasteiger partial charge in [-0.15, -0.1) is 0 Å². The van der Waals surface area contributed by atoms with E-state index in [4.69, 9.17) is 4.74 Å². The Kier molecular flexibility index (Phi) is 6.08. The molecule has 19 heavy (non-hydrogen) atoms. The van der Waals surface area contributed by atoms with Gasteiger partial charge in [-0.25, -0.2) is 4.39 Å². The van der Waals surface area contributed by atoms with Crippen molar-refractivity contribution in [2.75, 3.05) is 13.2 Å². The highest BCUT2D eigenvalue weighted by Crippen LogP contribution is 2.21. The van der Waals surface area contributed by atoms with Crippen LogP contribution in [0.25, 0.3) is 0 Å². The lowest BCUT2D eigenvalue weighted by atomic mass is 10.2. The average Bonchev–Trinajstić information content (AvgIpc) is 2.27. The summed E-state index contributed by atoms with van der Waals surface area (Å²) in [6, 6.07) is 3.96. The fourth-order valence-electron chi connectivity index (χ4n) is 1.50. The molecule has 108 valence electrons. The molecular weight excluding hydrogens is 262 g/mol. The van der Waals surface area contributed by atoms with Gasteiger partial charge in [-0.3, -0.25) is 0 Å². The molecule has 1 aromatic rings. The molecule has 0 heterocycles. The molecule has 0 atom stereocenters. The maximum Gasteiger partial charge on any atom is 0.392 e. The lowest BCUT2D eigenvalue weighted by molar-refractivity contribution is -0.139. The minimum absolute atomic E-state index is 0.123. The van der Waals surface area contributed by atoms with Crippen molar-refractivity contribution in [3.05, 3.63) is 29.6 Å². The molecule has 0 saturated carbocycles. The van der Waals surface area contributed by atoms with Gasteiger partial charge in [0.05, 0.1) is 13.0 Å². The first-order chi connectivity index (χ1) is 8.90. The maximum absolute atomic E-state index is 13.3. The SMILES string of the molecule is CCCNCc1cc(F)cc(OCCC(F)(F)F)c1. The molecule has 0 fully saturated rings. The third kappa shape index (κ3) is 7.00. The Labute approximate surface area is 109 Å². The lowest BCUT2D eigenvalue weighted by Crippen LogP contribution is -2.15. The molecule has 6 heteroatoms. The highest BCUT2D eigenvalue weighted by atomic mass is 19.4. The molecule has 0 unspecified atom stereocenters. The van der Waals surface area contributed by atoms with Crippen molar-refractivity contribution >= 4 is 0 Å². The summed E-state index contributed by atoms with van der Waals surface area (Å²) in [7, 11) is 0. The first kappa shape index (κ1) is 15.8. The molecular formula is C13H17F4NO. The molecule has 0 spiro atoms. The second-order valence-corrected chi connectivity index (χ2v) is 4.19. The van der Waals surface area contributed by atoms with Gasteiger partial charge in [0, 0.05) is 12.6 Å². The quantitative estimate of drug-likeness (QED) is 0.607. The van der Waals surface area contributed by atoms with Crippen LogP contribution in [0, 0.1) is 5.82 Å². The van der Waals surface area contributed by atoms with Crippen LogP contribution in [0.2, 0.25) is 0 Å². The molecule has 1 N–H and O–H groups in total. The molecule has 0 amide bonds. The minimum Gasteiger partial charge on any atom is -0.493 e. The molecule has 0 aliphatic heterocycles. The lowest BCUT2D eigenvalue weighted by Gasteiger charge is -2.10. The second-order valence-electron chi connectivity index (χ2n) is 4.19. The van der Waals surface area contributed by atoms with Gasteiger partial charge in [-0.2, -0.15) is 13.2 Å². The van der Waals surface area contributed by atoms with Gasteiger partial charge in [-0.05, 0) is 30.7 Å². The van der Waals surface area contributed by atoms with E-state index in [0.29, 0.717) is 12.1 Å². The van der Waals surface area contributed by atoms with E-state index in [1.807, 2.05) is 6.92 Å². The number of ether oxygens (including phenoxy) is 1. The number of halogens is 4. The molecule has 1 aromatic carbocycles. The molecule has 1 rings (SSSR count). The summed E-state index contributed by atoms with van der Waals surface area (Å²) in [6.45, 7) is 2.75. The van der Waals surface area contributed by atoms with Crippen LogP contribution in [0.3, 0.4) is 0 Å². The number of benzene rings is 1. The van der Waals surface area contributed by atoms with Gasteiger partial charge >= 0.3 is 6.18 Å². The average molecular weight is 279 g/mol. The smallest absolute Gasteiger partial charge is 0.392 e. The Morgan fingerprint density at radius 1 is 1.21 bits per heavy atom. The van der Waals surface area contributed by atoms with Crippen LogP contribution in [0.4, 0.5) is 17.6 Å². The second kappa shape index (κ2) is 7.33. The van der Waals surface area contributed by atoms with Crippen molar-refractivity contribution in [3.63, 3.8) is 0 Å². The van der Waals surface area contributed by atoms with Crippen molar-refractivity contribution in [3.8, 4) is 5.75 Å². The van der Waals surface area contributed by atoms with Crippen molar-refractivity contribution in [1.82, 2.24) is 5.32 Å². The summed E-state index contributed by atoms with van der Waals surface area (Å²) in [5, 5.41) is 3.08. The van der Waals surface area contributed by atoms with Gasteiger partial charge in [-0.1, -0.05) is 6.92 Å². The molecule has 0 bridgehead atoms. The Balaban J connectivity index is 2.53. The van der Waals surface area contributed by atoms with Gasteiger partial charge in [0.1, 0.15) is 11.6 Å². The summed E-state index contributed by atoms with van der Waals surface area (Å²) in [5.74, 6) is -0.393. The topological polar surface area (TPSA) is 21.3 Å². The fraction of sp³-hybridized carbons (Fsp3) is 0.538. The van der Waals surface area contributed by atoms with E-state index < -0.39 is 25.0 Å². The number of rotatable bonds is 7. The van der Waals surface area contributed by atoms with Gasteiger partial charge in [0.2, 0.25) is 0 Å². The van der Waals surface area contributed by atoms with Crippen LogP contribution < -0.4 is 10.1 Å². The van der Waals surface area contributed by atoms with E-state index in [2.05, 4.69) is 5.32 Å². The van der Waals surface area contributed by atoms with Crippen molar-refractivity contribution < 1.29 is 22.3 Å². The summed E-state index contributed by atoms with van der Waals surface area (Å²) in [5.41, 5.74) is 0.649. The molecule has 0 aliphatic carbocycles. The Bertz CT molecular complexity index is 393. The zero-order valence-corrected chi connectivity index (χ0v) is 10.7. The van der Waals surface area contributed by atoms with E-state index in [0.717, 1.165) is 19.0 Å². The van der Waals surface area contributed by atoms with Crippen LogP contribution in [0.5, 0.6) is 5.75 Å². The zero-order chi connectivity index (χ0) is 14.3. The van der Waals surface area contributed by atoms with Crippen LogP contribution in [-0.4, -0.2) is 19.3 Å². The fourth-order valence-corrected chi connectivity index (χ4v) is 1.50. The van der Waals surface area contributed by atoms with E-state index in [1.165, 1.54) is 6.07 Å². The summed E-state index contributed by atoms with van der Waals surface area (Å²) in [6.07, 6.45) is -4.37. The monoisotopic (exact) mass is 279 g/mol. The highest BCUT2D eigenvalue weighted by Gasteiger charge is 2.26. The minimum atomic E-state index is -4.27. The number of nitrogens with one attached hydrogen (secondary N) is 1. The van der Waals surface area contributed by atoms with Gasteiger partial charge in [0.15, 0.2) is 0 Å². The molecule has 0 aromatic heterocycles. The van der Waals surface area contributed by atoms with E-state index in [9.17, 15) is 17.6 Å². The van der Waals surface area contributed by atoms with E-state index in [1.54, 1.807) is 6.07 Å². The zero-order valence-electron chi connectivity index (χ0n) is 10.7. The summed E-state index contributed by atoms with van der Waals surface area (Å²) >= 11 is 0. The third-order valence-electron chi connectivity index (χ3n) is 2.34. The van der Waals surface area contributed by atoms with Crippen LogP contribution in [0.1, 0.15) is 25.3 Å². The maximum atomic E-state index is 13.3. The van der Waals surface area contributed by atoms with E-state index >= 15 is 0 Å². The standard InChI is InChI=1S/C13H17F4NO/c1-2-4-18-9-10-6-11(14)8-12(7-10)19-5-3-13(15,16)17/h6-8,18H,2-5,9H2,1H3. The van der Waals surface area contributed by atoms with Crippen molar-refractivity contribution in [2.45, 2.75) is 32.5 Å². The predicted octanol–water partition coefficient (Wildman–Crippen LogP) is 3.66. The van der Waals surface area contributed by atoms with Crippen molar-refractivity contribution in [2.24, 2.45) is 0 Å².